The first kappa shape index (κ1) is 15.3. The summed E-state index contributed by atoms with van der Waals surface area (Å²) in [5, 5.41) is 3.58. The van der Waals surface area contributed by atoms with Crippen molar-refractivity contribution in [3.05, 3.63) is 36.2 Å². The molecule has 114 valence electrons. The molecule has 2 rings (SSSR count). The minimum Gasteiger partial charge on any atom is -0.397 e. The molecule has 0 aliphatic carbocycles. The normalized spacial score (nSPS) is 12.6. The summed E-state index contributed by atoms with van der Waals surface area (Å²) in [5.41, 5.74) is 4.91. The van der Waals surface area contributed by atoms with Crippen molar-refractivity contribution in [1.29, 1.82) is 0 Å². The van der Waals surface area contributed by atoms with Crippen LogP contribution in [0, 0.1) is 0 Å². The zero-order chi connectivity index (χ0) is 15.8. The number of rotatable bonds is 3. The van der Waals surface area contributed by atoms with E-state index in [9.17, 15) is 21.6 Å². The van der Waals surface area contributed by atoms with E-state index in [-0.39, 0.29) is 16.3 Å². The Kier molecular flexibility index (Phi) is 3.68. The van der Waals surface area contributed by atoms with Crippen molar-refractivity contribution in [3.8, 4) is 5.69 Å². The number of benzene rings is 1. The summed E-state index contributed by atoms with van der Waals surface area (Å²) < 4.78 is 63.8. The van der Waals surface area contributed by atoms with Crippen molar-refractivity contribution in [2.75, 3.05) is 12.8 Å². The first-order valence-corrected chi connectivity index (χ1v) is 7.09. The van der Waals surface area contributed by atoms with E-state index in [1.165, 1.54) is 19.2 Å². The van der Waals surface area contributed by atoms with Gasteiger partial charge in [-0.25, -0.2) is 17.8 Å². The van der Waals surface area contributed by atoms with E-state index in [0.717, 1.165) is 16.9 Å². The fourth-order valence-corrected chi connectivity index (χ4v) is 2.39. The maximum atomic E-state index is 12.5. The number of halogens is 3. The highest BCUT2D eigenvalue weighted by molar-refractivity contribution is 7.89. The summed E-state index contributed by atoms with van der Waals surface area (Å²) in [5.74, 6) is 0. The fraction of sp³-hybridized carbons (Fsp3) is 0.182. The van der Waals surface area contributed by atoms with E-state index in [1.807, 2.05) is 0 Å². The first-order valence-electron chi connectivity index (χ1n) is 5.60. The Morgan fingerprint density at radius 3 is 2.48 bits per heavy atom. The van der Waals surface area contributed by atoms with Crippen LogP contribution in [-0.4, -0.2) is 25.2 Å². The zero-order valence-corrected chi connectivity index (χ0v) is 11.5. The maximum absolute atomic E-state index is 12.5. The van der Waals surface area contributed by atoms with Gasteiger partial charge in [0.2, 0.25) is 10.0 Å². The molecule has 0 unspecified atom stereocenters. The van der Waals surface area contributed by atoms with Crippen LogP contribution in [0.15, 0.2) is 35.5 Å². The lowest BCUT2D eigenvalue weighted by Gasteiger charge is -2.08. The van der Waals surface area contributed by atoms with Crippen LogP contribution in [0.2, 0.25) is 0 Å². The van der Waals surface area contributed by atoms with Crippen LogP contribution in [-0.2, 0) is 16.2 Å². The molecule has 10 heteroatoms. The van der Waals surface area contributed by atoms with Crippen molar-refractivity contribution in [2.24, 2.45) is 0 Å². The minimum absolute atomic E-state index is 0.0110. The van der Waals surface area contributed by atoms with Crippen molar-refractivity contribution < 1.29 is 21.6 Å². The molecule has 1 aromatic carbocycles. The van der Waals surface area contributed by atoms with E-state index >= 15 is 0 Å². The van der Waals surface area contributed by atoms with E-state index < -0.39 is 21.8 Å². The molecule has 21 heavy (non-hydrogen) atoms. The molecule has 0 amide bonds. The van der Waals surface area contributed by atoms with Crippen LogP contribution in [0.3, 0.4) is 0 Å². The standard InChI is InChI=1S/C11H11F3N4O2S/c1-16-21(19,20)8-2-3-10(9(15)4-8)18-6-7(5-17-18)11(12,13)14/h2-6,16H,15H2,1H3. The van der Waals surface area contributed by atoms with Crippen molar-refractivity contribution in [2.45, 2.75) is 11.1 Å². The summed E-state index contributed by atoms with van der Waals surface area (Å²) in [6.45, 7) is 0. The topological polar surface area (TPSA) is 90.0 Å². The van der Waals surface area contributed by atoms with Crippen LogP contribution < -0.4 is 10.5 Å². The number of anilines is 1. The highest BCUT2D eigenvalue weighted by Crippen LogP contribution is 2.30. The molecular weight excluding hydrogens is 309 g/mol. The lowest BCUT2D eigenvalue weighted by atomic mass is 10.2. The number of aromatic nitrogens is 2. The van der Waals surface area contributed by atoms with E-state index in [4.69, 9.17) is 5.73 Å². The molecule has 0 aliphatic rings. The number of nitrogen functional groups attached to an aromatic ring is 1. The van der Waals surface area contributed by atoms with Gasteiger partial charge >= 0.3 is 6.18 Å². The Labute approximate surface area is 118 Å². The van der Waals surface area contributed by atoms with E-state index in [0.29, 0.717) is 6.20 Å². The van der Waals surface area contributed by atoms with Gasteiger partial charge in [-0.1, -0.05) is 0 Å². The zero-order valence-electron chi connectivity index (χ0n) is 10.7. The van der Waals surface area contributed by atoms with Gasteiger partial charge in [0.1, 0.15) is 0 Å². The summed E-state index contributed by atoms with van der Waals surface area (Å²) in [7, 11) is -2.44. The van der Waals surface area contributed by atoms with Gasteiger partial charge < -0.3 is 5.73 Å². The van der Waals surface area contributed by atoms with Gasteiger partial charge in [-0.2, -0.15) is 18.3 Å². The second kappa shape index (κ2) is 5.04. The Hall–Kier alpha value is -2.07. The average molecular weight is 320 g/mol. The molecule has 0 atom stereocenters. The second-order valence-electron chi connectivity index (χ2n) is 4.10. The predicted molar refractivity (Wildman–Crippen MR) is 69.2 cm³/mol. The number of hydrogen-bond donors (Lipinski definition) is 2. The third kappa shape index (κ3) is 3.00. The lowest BCUT2D eigenvalue weighted by Crippen LogP contribution is -2.19. The number of nitrogens with zero attached hydrogens (tertiary/aromatic N) is 2. The third-order valence-corrected chi connectivity index (χ3v) is 4.15. The van der Waals surface area contributed by atoms with Crippen molar-refractivity contribution in [1.82, 2.24) is 14.5 Å². The van der Waals surface area contributed by atoms with Crippen LogP contribution >= 0.6 is 0 Å². The third-order valence-electron chi connectivity index (χ3n) is 2.73. The Bertz CT molecular complexity index is 768. The maximum Gasteiger partial charge on any atom is 0.419 e. The predicted octanol–water partition coefficient (Wildman–Crippen LogP) is 1.38. The molecule has 1 heterocycles. The largest absolute Gasteiger partial charge is 0.419 e. The van der Waals surface area contributed by atoms with Crippen LogP contribution in [0.5, 0.6) is 0 Å². The summed E-state index contributed by atoms with van der Waals surface area (Å²) in [6.07, 6.45) is -3.07. The molecular formula is C11H11F3N4O2S. The van der Waals surface area contributed by atoms with E-state index in [2.05, 4.69) is 9.82 Å². The molecule has 0 fully saturated rings. The van der Waals surface area contributed by atoms with Gasteiger partial charge in [0.15, 0.2) is 0 Å². The molecule has 3 N–H and O–H groups in total. The molecule has 0 bridgehead atoms. The number of hydrogen-bond acceptors (Lipinski definition) is 4. The summed E-state index contributed by atoms with van der Waals surface area (Å²) in [6, 6.07) is 3.66. The molecule has 1 aromatic heterocycles. The summed E-state index contributed by atoms with van der Waals surface area (Å²) >= 11 is 0. The molecule has 2 aromatic rings. The van der Waals surface area contributed by atoms with E-state index in [1.54, 1.807) is 0 Å². The van der Waals surface area contributed by atoms with Crippen LogP contribution in [0.1, 0.15) is 5.56 Å². The van der Waals surface area contributed by atoms with Crippen LogP contribution in [0.25, 0.3) is 5.69 Å². The monoisotopic (exact) mass is 320 g/mol. The fourth-order valence-electron chi connectivity index (χ4n) is 1.63. The highest BCUT2D eigenvalue weighted by atomic mass is 32.2. The first-order chi connectivity index (χ1) is 9.65. The Balaban J connectivity index is 2.45. The number of alkyl halides is 3. The van der Waals surface area contributed by atoms with Gasteiger partial charge in [0.05, 0.1) is 28.0 Å². The quantitative estimate of drug-likeness (QED) is 0.836. The molecule has 0 spiro atoms. The Morgan fingerprint density at radius 1 is 1.33 bits per heavy atom. The van der Waals surface area contributed by atoms with Crippen molar-refractivity contribution >= 4 is 15.7 Å². The molecule has 0 saturated carbocycles. The minimum atomic E-state index is -4.51. The van der Waals surface area contributed by atoms with Gasteiger partial charge in [0.25, 0.3) is 0 Å². The molecule has 0 saturated heterocycles. The smallest absolute Gasteiger partial charge is 0.397 e. The Morgan fingerprint density at radius 2 is 2.00 bits per heavy atom. The van der Waals surface area contributed by atoms with Gasteiger partial charge in [0, 0.05) is 6.20 Å². The second-order valence-corrected chi connectivity index (χ2v) is 5.99. The lowest BCUT2D eigenvalue weighted by molar-refractivity contribution is -0.137. The number of sulfonamides is 1. The highest BCUT2D eigenvalue weighted by Gasteiger charge is 2.32. The average Bonchev–Trinajstić information content (AvgIpc) is 2.88. The molecule has 6 nitrogen and oxygen atoms in total. The number of nitrogens with one attached hydrogen (secondary N) is 1. The van der Waals surface area contributed by atoms with Crippen LogP contribution in [0.4, 0.5) is 18.9 Å². The van der Waals surface area contributed by atoms with Crippen molar-refractivity contribution in [3.63, 3.8) is 0 Å². The number of nitrogens with two attached hydrogens (primary N) is 1. The summed E-state index contributed by atoms with van der Waals surface area (Å²) in [4.78, 5) is -0.0885. The van der Waals surface area contributed by atoms with Gasteiger partial charge in [-0.05, 0) is 25.2 Å². The molecule has 0 aliphatic heterocycles. The SMILES string of the molecule is CNS(=O)(=O)c1ccc(-n2cc(C(F)(F)F)cn2)c(N)c1. The molecule has 0 radical (unpaired) electrons. The van der Waals surface area contributed by atoms with Gasteiger partial charge in [-0.15, -0.1) is 0 Å². The van der Waals surface area contributed by atoms with Gasteiger partial charge in [-0.3, -0.25) is 0 Å².